The van der Waals surface area contributed by atoms with E-state index in [0.29, 0.717) is 23.1 Å². The molecule has 5 fully saturated rings. The lowest BCUT2D eigenvalue weighted by molar-refractivity contribution is -0.891. The third-order valence-corrected chi connectivity index (χ3v) is 7.74. The van der Waals surface area contributed by atoms with Crippen LogP contribution in [0, 0.1) is 5.92 Å². The molecule has 0 saturated carbocycles. The normalized spacial score (nSPS) is 45.1. The van der Waals surface area contributed by atoms with Crippen molar-refractivity contribution in [3.63, 3.8) is 0 Å². The molecule has 8 atom stereocenters. The summed E-state index contributed by atoms with van der Waals surface area (Å²) in [6.07, 6.45) is -0.808. The zero-order valence-electron chi connectivity index (χ0n) is 18.3. The molecule has 0 aromatic heterocycles. The number of ether oxygens (including phenoxy) is 1. The van der Waals surface area contributed by atoms with Crippen molar-refractivity contribution in [2.75, 3.05) is 59.0 Å². The van der Waals surface area contributed by atoms with Crippen molar-refractivity contribution in [3.05, 3.63) is 5.43 Å². The Morgan fingerprint density at radius 1 is 1.32 bits per heavy atom. The van der Waals surface area contributed by atoms with E-state index in [1.54, 1.807) is 0 Å². The Morgan fingerprint density at radius 2 is 2.16 bits per heavy atom. The molecule has 1 amide bonds. The van der Waals surface area contributed by atoms with Gasteiger partial charge in [-0.25, -0.2) is 4.39 Å². The first kappa shape index (κ1) is 21.9. The van der Waals surface area contributed by atoms with Crippen LogP contribution in [0.4, 0.5) is 4.39 Å². The molecular formula is C20H37FN8O2. The average Bonchev–Trinajstić information content (AvgIpc) is 3.02. The molecule has 5 saturated heterocycles. The van der Waals surface area contributed by atoms with Crippen molar-refractivity contribution >= 4 is 5.91 Å². The number of rotatable bonds is 4. The lowest BCUT2D eigenvalue weighted by Crippen LogP contribution is -3.15. The Morgan fingerprint density at radius 3 is 2.90 bits per heavy atom. The second-order valence-electron chi connectivity index (χ2n) is 9.77. The van der Waals surface area contributed by atoms with Gasteiger partial charge in [0, 0.05) is 44.8 Å². The number of piperidine rings is 1. The van der Waals surface area contributed by atoms with Gasteiger partial charge in [0.2, 0.25) is 5.91 Å². The number of carbonyl (C=O) groups is 1. The van der Waals surface area contributed by atoms with Gasteiger partial charge in [0.25, 0.3) is 0 Å². The number of carbonyl (C=O) groups excluding carboxylic acids is 1. The second-order valence-corrected chi connectivity index (χ2v) is 9.77. The summed E-state index contributed by atoms with van der Waals surface area (Å²) >= 11 is 0. The van der Waals surface area contributed by atoms with E-state index in [-0.39, 0.29) is 31.2 Å². The first-order chi connectivity index (χ1) is 15.0. The van der Waals surface area contributed by atoms with Gasteiger partial charge in [0.1, 0.15) is 18.6 Å². The van der Waals surface area contributed by atoms with Crippen LogP contribution in [0.1, 0.15) is 13.3 Å². The summed E-state index contributed by atoms with van der Waals surface area (Å²) in [6.45, 7) is 9.32. The van der Waals surface area contributed by atoms with Crippen molar-refractivity contribution in [2.24, 2.45) is 11.7 Å². The first-order valence-corrected chi connectivity index (χ1v) is 11.8. The van der Waals surface area contributed by atoms with E-state index in [0.717, 1.165) is 52.4 Å². The van der Waals surface area contributed by atoms with Crippen LogP contribution in [0.25, 0.3) is 5.43 Å². The largest absolute Gasteiger partial charge is 0.436 e. The fraction of sp³-hybridized carbons (Fsp3) is 0.950. The highest BCUT2D eigenvalue weighted by atomic mass is 19.1. The molecular weight excluding hydrogens is 403 g/mol. The Balaban J connectivity index is 1.22. The highest BCUT2D eigenvalue weighted by Gasteiger charge is 2.46. The highest BCUT2D eigenvalue weighted by Crippen LogP contribution is 2.24. The molecule has 5 rings (SSSR count). The van der Waals surface area contributed by atoms with E-state index >= 15 is 0 Å². The van der Waals surface area contributed by atoms with Crippen LogP contribution in [0.3, 0.4) is 0 Å². The zero-order valence-corrected chi connectivity index (χ0v) is 18.3. The van der Waals surface area contributed by atoms with E-state index in [1.165, 1.54) is 0 Å². The number of nitrogens with zero attached hydrogens (tertiary/aromatic N) is 3. The second kappa shape index (κ2) is 9.14. The molecule has 176 valence electrons. The van der Waals surface area contributed by atoms with Gasteiger partial charge >= 0.3 is 0 Å². The van der Waals surface area contributed by atoms with Gasteiger partial charge in [-0.05, 0) is 26.1 Å². The van der Waals surface area contributed by atoms with Crippen LogP contribution in [0.5, 0.6) is 0 Å². The van der Waals surface area contributed by atoms with Crippen molar-refractivity contribution in [2.45, 2.75) is 56.0 Å². The number of piperazine rings is 1. The van der Waals surface area contributed by atoms with Gasteiger partial charge < -0.3 is 31.5 Å². The van der Waals surface area contributed by atoms with Crippen LogP contribution in [0.2, 0.25) is 0 Å². The maximum absolute atomic E-state index is 13.7. The Kier molecular flexibility index (Phi) is 6.46. The number of alkyl halides is 1. The number of fused-ring (bicyclic) bond motifs is 1. The molecule has 6 N–H and O–H groups in total. The molecule has 5 aliphatic rings. The number of nitrogens with two attached hydrogens (primary N) is 1. The molecule has 0 aromatic carbocycles. The maximum Gasteiger partial charge on any atom is 0.230 e. The fourth-order valence-electron chi connectivity index (χ4n) is 5.97. The molecule has 11 heteroatoms. The Labute approximate surface area is 183 Å². The fourth-order valence-corrected chi connectivity index (χ4v) is 5.97. The third kappa shape index (κ3) is 4.34. The van der Waals surface area contributed by atoms with Crippen LogP contribution < -0.4 is 26.7 Å². The molecule has 0 aliphatic carbocycles. The van der Waals surface area contributed by atoms with Gasteiger partial charge in [0.05, 0.1) is 25.3 Å². The van der Waals surface area contributed by atoms with E-state index in [2.05, 4.69) is 38.1 Å². The number of amides is 1. The minimum Gasteiger partial charge on any atom is -0.436 e. The predicted molar refractivity (Wildman–Crippen MR) is 113 cm³/mol. The number of halogens is 1. The molecule has 0 aromatic rings. The van der Waals surface area contributed by atoms with E-state index in [9.17, 15) is 9.18 Å². The van der Waals surface area contributed by atoms with E-state index in [4.69, 9.17) is 10.5 Å². The van der Waals surface area contributed by atoms with E-state index in [1.807, 2.05) is 0 Å². The quantitative estimate of drug-likeness (QED) is 0.310. The molecule has 5 aliphatic heterocycles. The van der Waals surface area contributed by atoms with Crippen LogP contribution in [-0.2, 0) is 9.53 Å². The molecule has 31 heavy (non-hydrogen) atoms. The maximum atomic E-state index is 13.7. The van der Waals surface area contributed by atoms with E-state index < -0.39 is 18.3 Å². The van der Waals surface area contributed by atoms with Crippen LogP contribution >= 0.6 is 0 Å². The lowest BCUT2D eigenvalue weighted by atomic mass is 9.94. The van der Waals surface area contributed by atoms with Gasteiger partial charge in [-0.15, -0.1) is 0 Å². The van der Waals surface area contributed by atoms with Gasteiger partial charge in [-0.1, -0.05) is 0 Å². The monoisotopic (exact) mass is 440 g/mol. The van der Waals surface area contributed by atoms with Crippen LogP contribution in [-0.4, -0.2) is 117 Å². The summed E-state index contributed by atoms with van der Waals surface area (Å²) in [7, 11) is 0. The van der Waals surface area contributed by atoms with Gasteiger partial charge in [-0.2, -0.15) is 0 Å². The summed E-state index contributed by atoms with van der Waals surface area (Å²) in [5.74, 6) is -0.546. The van der Waals surface area contributed by atoms with Crippen molar-refractivity contribution in [3.8, 4) is 0 Å². The molecule has 5 heterocycles. The first-order valence-electron chi connectivity index (χ1n) is 11.8. The van der Waals surface area contributed by atoms with Crippen molar-refractivity contribution < 1.29 is 18.9 Å². The zero-order chi connectivity index (χ0) is 21.5. The van der Waals surface area contributed by atoms with Crippen molar-refractivity contribution in [1.29, 1.82) is 0 Å². The number of quaternary nitrogens is 1. The number of hydrogen-bond donors (Lipinski definition) is 5. The summed E-state index contributed by atoms with van der Waals surface area (Å²) < 4.78 is 19.1. The smallest absolute Gasteiger partial charge is 0.230 e. The number of hydrogen-bond acceptors (Lipinski definition) is 7. The lowest BCUT2D eigenvalue weighted by Gasteiger charge is -2.50. The highest BCUT2D eigenvalue weighted by molar-refractivity contribution is 5.81. The third-order valence-electron chi connectivity index (χ3n) is 7.74. The molecule has 10 nitrogen and oxygen atoms in total. The summed E-state index contributed by atoms with van der Waals surface area (Å²) in [5, 5.41) is 10.6. The number of nitrogens with one attached hydrogen (secondary N) is 4. The minimum absolute atomic E-state index is 0.0241. The Hall–Kier alpha value is -0.920. The van der Waals surface area contributed by atoms with Crippen LogP contribution in [0.15, 0.2) is 0 Å². The summed E-state index contributed by atoms with van der Waals surface area (Å²) in [6, 6.07) is 1.32. The van der Waals surface area contributed by atoms with Crippen molar-refractivity contribution in [1.82, 2.24) is 25.8 Å². The topological polar surface area (TPSA) is 113 Å². The standard InChI is InChI=1S/C20H37FN8O2/c1-12-8-27(14-10-31-11-14)4-5-28(12)16-2-3-23-7-15(16)25-20(30)17-18(22)26-29-9-13(21)6-24-19(17)29/h12-19,23-24,29H,2-11,22H2,1H3,(H,25,30)/t12-,13?,15?,16?,17?,18?,19?/m0/s1. The average molecular weight is 441 g/mol. The van der Waals surface area contributed by atoms with Gasteiger partial charge in [-0.3, -0.25) is 19.9 Å². The SMILES string of the molecule is C[C@H]1CN(C2COC2)CCN1C1CCNCC1NC(=O)C1C(N)[N-][NH+]2CC(F)CNC12. The minimum atomic E-state index is -0.956. The molecule has 7 unspecified atom stereocenters. The summed E-state index contributed by atoms with van der Waals surface area (Å²) in [5.41, 5.74) is 10.6. The van der Waals surface area contributed by atoms with Gasteiger partial charge in [0.15, 0.2) is 6.17 Å². The molecule has 0 radical (unpaired) electrons. The Bertz CT molecular complexity index is 655. The molecule has 0 bridgehead atoms. The molecule has 0 spiro atoms. The summed E-state index contributed by atoms with van der Waals surface area (Å²) in [4.78, 5) is 18.4. The predicted octanol–water partition coefficient (Wildman–Crippen LogP) is -3.41.